The number of nitrogens with zero attached hydrogens (tertiary/aromatic N) is 2. The van der Waals surface area contributed by atoms with Gasteiger partial charge in [-0.2, -0.15) is 5.10 Å². The highest BCUT2D eigenvalue weighted by Crippen LogP contribution is 2.10. The average molecular weight is 237 g/mol. The standard InChI is InChI=1S/C12H19N3O2/c1-10-4-6-14-15(10)7-5-12(16)13-9-11-3-2-8-17-11/h4,6,11H,2-3,5,7-9H2,1H3,(H,13,16). The molecule has 0 bridgehead atoms. The zero-order valence-electron chi connectivity index (χ0n) is 10.2. The lowest BCUT2D eigenvalue weighted by atomic mass is 10.2. The number of aryl methyl sites for hydroxylation is 2. The molecule has 5 heteroatoms. The molecule has 17 heavy (non-hydrogen) atoms. The minimum Gasteiger partial charge on any atom is -0.376 e. The second-order valence-electron chi connectivity index (χ2n) is 4.38. The molecule has 0 aromatic carbocycles. The third kappa shape index (κ3) is 3.56. The molecule has 1 saturated heterocycles. The van der Waals surface area contributed by atoms with E-state index < -0.39 is 0 Å². The second-order valence-corrected chi connectivity index (χ2v) is 4.38. The minimum atomic E-state index is 0.0652. The zero-order valence-corrected chi connectivity index (χ0v) is 10.2. The predicted molar refractivity (Wildman–Crippen MR) is 63.6 cm³/mol. The lowest BCUT2D eigenvalue weighted by Crippen LogP contribution is -2.32. The molecule has 1 aliphatic heterocycles. The molecule has 1 aliphatic rings. The molecule has 0 aliphatic carbocycles. The van der Waals surface area contributed by atoms with Crippen molar-refractivity contribution in [2.24, 2.45) is 0 Å². The molecule has 0 spiro atoms. The monoisotopic (exact) mass is 237 g/mol. The smallest absolute Gasteiger partial charge is 0.221 e. The summed E-state index contributed by atoms with van der Waals surface area (Å²) in [4.78, 5) is 11.6. The van der Waals surface area contributed by atoms with Crippen LogP contribution in [0.4, 0.5) is 0 Å². The first-order valence-corrected chi connectivity index (χ1v) is 6.12. The molecule has 1 N–H and O–H groups in total. The Morgan fingerprint density at radius 2 is 2.59 bits per heavy atom. The van der Waals surface area contributed by atoms with Crippen molar-refractivity contribution in [2.75, 3.05) is 13.2 Å². The summed E-state index contributed by atoms with van der Waals surface area (Å²) in [5.74, 6) is 0.0652. The van der Waals surface area contributed by atoms with Crippen LogP contribution in [0.2, 0.25) is 0 Å². The third-order valence-corrected chi connectivity index (χ3v) is 3.03. The van der Waals surface area contributed by atoms with E-state index in [0.717, 1.165) is 25.1 Å². The fraction of sp³-hybridized carbons (Fsp3) is 0.667. The summed E-state index contributed by atoms with van der Waals surface area (Å²) in [6, 6.07) is 1.93. The van der Waals surface area contributed by atoms with Crippen molar-refractivity contribution < 1.29 is 9.53 Å². The van der Waals surface area contributed by atoms with Gasteiger partial charge in [0.1, 0.15) is 0 Å². The highest BCUT2D eigenvalue weighted by molar-refractivity contribution is 5.75. The molecule has 2 rings (SSSR count). The van der Waals surface area contributed by atoms with Crippen molar-refractivity contribution >= 4 is 5.91 Å². The fourth-order valence-electron chi connectivity index (χ4n) is 1.96. The maximum absolute atomic E-state index is 11.6. The van der Waals surface area contributed by atoms with Crippen LogP contribution in [0.15, 0.2) is 12.3 Å². The van der Waals surface area contributed by atoms with Crippen molar-refractivity contribution in [1.29, 1.82) is 0 Å². The Labute approximate surface area is 101 Å². The van der Waals surface area contributed by atoms with Gasteiger partial charge in [0.25, 0.3) is 0 Å². The number of carbonyl (C=O) groups is 1. The summed E-state index contributed by atoms with van der Waals surface area (Å²) in [7, 11) is 0. The molecule has 1 amide bonds. The van der Waals surface area contributed by atoms with E-state index >= 15 is 0 Å². The largest absolute Gasteiger partial charge is 0.376 e. The molecule has 0 saturated carbocycles. The molecule has 1 fully saturated rings. The van der Waals surface area contributed by atoms with Gasteiger partial charge in [0.05, 0.1) is 6.10 Å². The number of aromatic nitrogens is 2. The lowest BCUT2D eigenvalue weighted by Gasteiger charge is -2.11. The number of ether oxygens (including phenoxy) is 1. The van der Waals surface area contributed by atoms with Gasteiger partial charge < -0.3 is 10.1 Å². The van der Waals surface area contributed by atoms with Gasteiger partial charge in [-0.15, -0.1) is 0 Å². The number of carbonyl (C=O) groups excluding carboxylic acids is 1. The fourth-order valence-corrected chi connectivity index (χ4v) is 1.96. The summed E-state index contributed by atoms with van der Waals surface area (Å²) in [5.41, 5.74) is 1.08. The Hall–Kier alpha value is -1.36. The van der Waals surface area contributed by atoms with Crippen LogP contribution in [-0.2, 0) is 16.1 Å². The lowest BCUT2D eigenvalue weighted by molar-refractivity contribution is -0.121. The highest BCUT2D eigenvalue weighted by atomic mass is 16.5. The Kier molecular flexibility index (Phi) is 4.14. The molecule has 1 aromatic heterocycles. The van der Waals surface area contributed by atoms with E-state index in [1.165, 1.54) is 0 Å². The van der Waals surface area contributed by atoms with Crippen LogP contribution in [0.3, 0.4) is 0 Å². The van der Waals surface area contributed by atoms with E-state index in [2.05, 4.69) is 10.4 Å². The quantitative estimate of drug-likeness (QED) is 0.827. The normalized spacial score (nSPS) is 19.5. The second kappa shape index (κ2) is 5.82. The number of hydrogen-bond acceptors (Lipinski definition) is 3. The Morgan fingerprint density at radius 3 is 3.24 bits per heavy atom. The first kappa shape index (κ1) is 12.1. The number of amides is 1. The molecule has 1 unspecified atom stereocenters. The van der Waals surface area contributed by atoms with Gasteiger partial charge in [-0.1, -0.05) is 0 Å². The van der Waals surface area contributed by atoms with E-state index in [4.69, 9.17) is 4.74 Å². The Balaban J connectivity index is 1.65. The Morgan fingerprint density at radius 1 is 1.71 bits per heavy atom. The molecule has 1 atom stereocenters. The van der Waals surface area contributed by atoms with Crippen LogP contribution < -0.4 is 5.32 Å². The van der Waals surface area contributed by atoms with E-state index in [1.807, 2.05) is 17.7 Å². The number of hydrogen-bond donors (Lipinski definition) is 1. The maximum atomic E-state index is 11.6. The first-order chi connectivity index (χ1) is 8.25. The van der Waals surface area contributed by atoms with Crippen molar-refractivity contribution in [3.8, 4) is 0 Å². The molecule has 94 valence electrons. The van der Waals surface area contributed by atoms with Crippen LogP contribution in [0, 0.1) is 6.92 Å². The summed E-state index contributed by atoms with van der Waals surface area (Å²) in [6.07, 6.45) is 4.59. The van der Waals surface area contributed by atoms with Crippen molar-refractivity contribution in [3.63, 3.8) is 0 Å². The van der Waals surface area contributed by atoms with Crippen LogP contribution in [0.25, 0.3) is 0 Å². The van der Waals surface area contributed by atoms with Crippen LogP contribution >= 0.6 is 0 Å². The van der Waals surface area contributed by atoms with E-state index in [0.29, 0.717) is 19.5 Å². The van der Waals surface area contributed by atoms with Gasteiger partial charge in [0, 0.05) is 38.0 Å². The summed E-state index contributed by atoms with van der Waals surface area (Å²) in [5, 5.41) is 7.04. The van der Waals surface area contributed by atoms with Crippen molar-refractivity contribution in [1.82, 2.24) is 15.1 Å². The highest BCUT2D eigenvalue weighted by Gasteiger charge is 2.15. The van der Waals surface area contributed by atoms with Crippen molar-refractivity contribution in [3.05, 3.63) is 18.0 Å². The number of nitrogens with one attached hydrogen (secondary N) is 1. The Bertz CT molecular complexity index is 370. The predicted octanol–water partition coefficient (Wildman–Crippen LogP) is 0.877. The van der Waals surface area contributed by atoms with E-state index in [9.17, 15) is 4.79 Å². The van der Waals surface area contributed by atoms with Crippen LogP contribution in [-0.4, -0.2) is 34.9 Å². The zero-order chi connectivity index (χ0) is 12.1. The maximum Gasteiger partial charge on any atom is 0.221 e. The number of rotatable bonds is 5. The van der Waals surface area contributed by atoms with Gasteiger partial charge in [0.15, 0.2) is 0 Å². The summed E-state index contributed by atoms with van der Waals surface area (Å²) >= 11 is 0. The minimum absolute atomic E-state index is 0.0652. The van der Waals surface area contributed by atoms with E-state index in [1.54, 1.807) is 6.20 Å². The molecule has 5 nitrogen and oxygen atoms in total. The molecular weight excluding hydrogens is 218 g/mol. The first-order valence-electron chi connectivity index (χ1n) is 6.12. The van der Waals surface area contributed by atoms with Gasteiger partial charge in [-0.3, -0.25) is 9.48 Å². The van der Waals surface area contributed by atoms with Gasteiger partial charge in [-0.05, 0) is 25.8 Å². The molecule has 1 aromatic rings. The summed E-state index contributed by atoms with van der Waals surface area (Å²) in [6.45, 7) is 4.08. The third-order valence-electron chi connectivity index (χ3n) is 3.03. The molecule has 2 heterocycles. The van der Waals surface area contributed by atoms with Gasteiger partial charge in [0.2, 0.25) is 5.91 Å². The molecular formula is C12H19N3O2. The van der Waals surface area contributed by atoms with Crippen LogP contribution in [0.1, 0.15) is 25.0 Å². The average Bonchev–Trinajstić information content (AvgIpc) is 2.95. The van der Waals surface area contributed by atoms with E-state index in [-0.39, 0.29) is 12.0 Å². The van der Waals surface area contributed by atoms with Gasteiger partial charge >= 0.3 is 0 Å². The summed E-state index contributed by atoms with van der Waals surface area (Å²) < 4.78 is 7.28. The van der Waals surface area contributed by atoms with Gasteiger partial charge in [-0.25, -0.2) is 0 Å². The topological polar surface area (TPSA) is 56.2 Å². The molecule has 0 radical (unpaired) electrons. The van der Waals surface area contributed by atoms with Crippen molar-refractivity contribution in [2.45, 2.75) is 38.8 Å². The SMILES string of the molecule is Cc1ccnn1CCC(=O)NCC1CCCO1. The van der Waals surface area contributed by atoms with Crippen LogP contribution in [0.5, 0.6) is 0 Å².